The van der Waals surface area contributed by atoms with Gasteiger partial charge in [0.15, 0.2) is 0 Å². The number of carbonyl (C=O) groups is 1. The Kier molecular flexibility index (Phi) is 6.38. The number of alkyl halides is 1. The molecule has 10 heavy (non-hydrogen) atoms. The van der Waals surface area contributed by atoms with Crippen LogP contribution >= 0.6 is 22.6 Å². The van der Waals surface area contributed by atoms with Gasteiger partial charge in [-0.25, -0.2) is 4.79 Å². The smallest absolute Gasteiger partial charge is 0.404 e. The molecule has 0 bridgehead atoms. The average Bonchev–Trinajstić information content (AvgIpc) is 1.87. The second-order valence-corrected chi connectivity index (χ2v) is 2.23. The molecular formula is C6H8INO2. The molecule has 0 saturated carbocycles. The van der Waals surface area contributed by atoms with Crippen LogP contribution in [0.15, 0.2) is 0 Å². The third-order valence-corrected chi connectivity index (χ3v) is 1.10. The molecule has 0 aromatic carbocycles. The molecule has 1 amide bonds. The van der Waals surface area contributed by atoms with E-state index in [9.17, 15) is 4.79 Å². The Balaban J connectivity index is 3.13. The molecule has 56 valence electrons. The molecule has 0 aromatic rings. The highest BCUT2D eigenvalue weighted by molar-refractivity contribution is 14.1. The van der Waals surface area contributed by atoms with Crippen LogP contribution in [0.4, 0.5) is 4.79 Å². The predicted octanol–water partition coefficient (Wildman–Crippen LogP) is 1.08. The number of hydrogen-bond donors (Lipinski definition) is 2. The number of rotatable bonds is 2. The number of halogens is 1. The molecular weight excluding hydrogens is 245 g/mol. The lowest BCUT2D eigenvalue weighted by Gasteiger charge is -1.92. The molecule has 0 atom stereocenters. The minimum absolute atomic E-state index is 0.416. The van der Waals surface area contributed by atoms with Crippen LogP contribution in [-0.2, 0) is 0 Å². The maximum Gasteiger partial charge on any atom is 0.404 e. The Morgan fingerprint density at radius 2 is 2.30 bits per heavy atom. The minimum atomic E-state index is -0.990. The van der Waals surface area contributed by atoms with Crippen molar-refractivity contribution < 1.29 is 9.90 Å². The van der Waals surface area contributed by atoms with Crippen LogP contribution in [0.25, 0.3) is 0 Å². The summed E-state index contributed by atoms with van der Waals surface area (Å²) in [5, 5.41) is 10.3. The van der Waals surface area contributed by atoms with Crippen LogP contribution in [0, 0.1) is 11.8 Å². The van der Waals surface area contributed by atoms with E-state index in [-0.39, 0.29) is 0 Å². The monoisotopic (exact) mass is 253 g/mol. The molecule has 4 heteroatoms. The number of nitrogens with one attached hydrogen (secondary N) is 1. The first-order chi connectivity index (χ1) is 4.77. The predicted molar refractivity (Wildman–Crippen MR) is 47.3 cm³/mol. The van der Waals surface area contributed by atoms with Crippen molar-refractivity contribution in [3.8, 4) is 11.8 Å². The number of amides is 1. The van der Waals surface area contributed by atoms with Crippen LogP contribution in [0.5, 0.6) is 0 Å². The summed E-state index contributed by atoms with van der Waals surface area (Å²) in [6.07, 6.45) is -0.397. The Morgan fingerprint density at radius 3 is 2.80 bits per heavy atom. The summed E-state index contributed by atoms with van der Waals surface area (Å²) in [7, 11) is 0. The van der Waals surface area contributed by atoms with Crippen molar-refractivity contribution in [3.05, 3.63) is 0 Å². The second kappa shape index (κ2) is 6.68. The van der Waals surface area contributed by atoms with E-state index in [1.54, 1.807) is 0 Å². The van der Waals surface area contributed by atoms with Gasteiger partial charge in [-0.3, -0.25) is 0 Å². The summed E-state index contributed by atoms with van der Waals surface area (Å²) >= 11 is 2.14. The lowest BCUT2D eigenvalue weighted by molar-refractivity contribution is 0.195. The molecule has 0 aliphatic rings. The first kappa shape index (κ1) is 9.56. The van der Waals surface area contributed by atoms with Gasteiger partial charge in [-0.1, -0.05) is 28.5 Å². The Hall–Kier alpha value is -0.440. The van der Waals surface area contributed by atoms with Crippen molar-refractivity contribution in [2.75, 3.05) is 11.0 Å². The van der Waals surface area contributed by atoms with Crippen LogP contribution in [0.2, 0.25) is 0 Å². The molecule has 0 spiro atoms. The fourth-order valence-electron chi connectivity index (χ4n) is 0.368. The topological polar surface area (TPSA) is 49.3 Å². The van der Waals surface area contributed by atoms with E-state index in [4.69, 9.17) is 5.11 Å². The molecule has 0 aromatic heterocycles. The molecule has 0 aliphatic carbocycles. The Bertz CT molecular complexity index is 159. The van der Waals surface area contributed by atoms with E-state index < -0.39 is 6.09 Å². The van der Waals surface area contributed by atoms with Crippen molar-refractivity contribution in [1.82, 2.24) is 5.32 Å². The van der Waals surface area contributed by atoms with Gasteiger partial charge in [0.1, 0.15) is 0 Å². The largest absolute Gasteiger partial charge is 0.465 e. The first-order valence-corrected chi connectivity index (χ1v) is 4.28. The molecule has 0 saturated heterocycles. The van der Waals surface area contributed by atoms with E-state index in [0.29, 0.717) is 13.0 Å². The zero-order chi connectivity index (χ0) is 7.82. The SMILES string of the molecule is O=C(O)NCCC#CCI. The van der Waals surface area contributed by atoms with E-state index in [0.717, 1.165) is 4.43 Å². The van der Waals surface area contributed by atoms with Crippen LogP contribution in [0.3, 0.4) is 0 Å². The number of hydrogen-bond acceptors (Lipinski definition) is 1. The molecule has 3 nitrogen and oxygen atoms in total. The van der Waals surface area contributed by atoms with Gasteiger partial charge in [0, 0.05) is 13.0 Å². The molecule has 0 rings (SSSR count). The fraction of sp³-hybridized carbons (Fsp3) is 0.500. The number of carboxylic acid groups (broad SMARTS) is 1. The van der Waals surface area contributed by atoms with Gasteiger partial charge in [0.05, 0.1) is 4.43 Å². The van der Waals surface area contributed by atoms with E-state index >= 15 is 0 Å². The van der Waals surface area contributed by atoms with Crippen molar-refractivity contribution in [2.45, 2.75) is 6.42 Å². The van der Waals surface area contributed by atoms with Crippen molar-refractivity contribution in [2.24, 2.45) is 0 Å². The Morgan fingerprint density at radius 1 is 1.60 bits per heavy atom. The Labute approximate surface area is 73.3 Å². The highest BCUT2D eigenvalue weighted by Crippen LogP contribution is 1.77. The molecule has 2 N–H and O–H groups in total. The third-order valence-electron chi connectivity index (χ3n) is 0.718. The summed E-state index contributed by atoms with van der Waals surface area (Å²) in [5.41, 5.74) is 0. The third kappa shape index (κ3) is 7.56. The van der Waals surface area contributed by atoms with Gasteiger partial charge in [0.25, 0.3) is 0 Å². The standard InChI is InChI=1S/C6H8INO2/c7-4-2-1-3-5-8-6(9)10/h8H,3-5H2,(H,9,10). The zero-order valence-corrected chi connectivity index (χ0v) is 7.51. The van der Waals surface area contributed by atoms with E-state index in [1.165, 1.54) is 0 Å². The van der Waals surface area contributed by atoms with Gasteiger partial charge in [-0.2, -0.15) is 0 Å². The van der Waals surface area contributed by atoms with Crippen molar-refractivity contribution in [3.63, 3.8) is 0 Å². The quantitative estimate of drug-likeness (QED) is 0.335. The molecule has 0 fully saturated rings. The van der Waals surface area contributed by atoms with Crippen molar-refractivity contribution in [1.29, 1.82) is 0 Å². The normalized spacial score (nSPS) is 7.70. The highest BCUT2D eigenvalue weighted by atomic mass is 127. The van der Waals surface area contributed by atoms with Crippen molar-refractivity contribution >= 4 is 28.7 Å². The molecule has 0 aliphatic heterocycles. The van der Waals surface area contributed by atoms with Gasteiger partial charge in [0.2, 0.25) is 0 Å². The molecule has 0 heterocycles. The maximum atomic E-state index is 9.87. The van der Waals surface area contributed by atoms with Gasteiger partial charge < -0.3 is 10.4 Å². The van der Waals surface area contributed by atoms with Crippen LogP contribution in [-0.4, -0.2) is 22.2 Å². The lowest BCUT2D eigenvalue weighted by Crippen LogP contribution is -2.21. The maximum absolute atomic E-state index is 9.87. The summed E-state index contributed by atoms with van der Waals surface area (Å²) in [5.74, 6) is 5.63. The van der Waals surface area contributed by atoms with Gasteiger partial charge in [-0.15, -0.1) is 5.92 Å². The first-order valence-electron chi connectivity index (χ1n) is 2.76. The zero-order valence-electron chi connectivity index (χ0n) is 5.35. The van der Waals surface area contributed by atoms with E-state index in [1.807, 2.05) is 0 Å². The summed E-state index contributed by atoms with van der Waals surface area (Å²) in [6.45, 7) is 0.416. The minimum Gasteiger partial charge on any atom is -0.465 e. The van der Waals surface area contributed by atoms with Gasteiger partial charge in [-0.05, 0) is 0 Å². The highest BCUT2D eigenvalue weighted by Gasteiger charge is 1.88. The second-order valence-electron chi connectivity index (χ2n) is 1.47. The summed E-state index contributed by atoms with van der Waals surface area (Å²) in [4.78, 5) is 9.87. The summed E-state index contributed by atoms with van der Waals surface area (Å²) < 4.78 is 0.796. The van der Waals surface area contributed by atoms with E-state index in [2.05, 4.69) is 39.7 Å². The molecule has 0 unspecified atom stereocenters. The van der Waals surface area contributed by atoms with Crippen LogP contribution < -0.4 is 5.32 Å². The molecule has 0 radical (unpaired) electrons. The van der Waals surface area contributed by atoms with Gasteiger partial charge >= 0.3 is 6.09 Å². The average molecular weight is 253 g/mol. The fourth-order valence-corrected chi connectivity index (χ4v) is 0.637. The summed E-state index contributed by atoms with van der Waals surface area (Å²) in [6, 6.07) is 0. The van der Waals surface area contributed by atoms with Crippen LogP contribution in [0.1, 0.15) is 6.42 Å². The lowest BCUT2D eigenvalue weighted by atomic mass is 10.4.